The van der Waals surface area contributed by atoms with E-state index in [4.69, 9.17) is 0 Å². The van der Waals surface area contributed by atoms with Crippen LogP contribution in [0.3, 0.4) is 0 Å². The fourth-order valence-electron chi connectivity index (χ4n) is 3.34. The average Bonchev–Trinajstić information content (AvgIpc) is 2.62. The molecule has 2 saturated carbocycles. The van der Waals surface area contributed by atoms with Crippen LogP contribution in [-0.4, -0.2) is 12.6 Å². The first-order chi connectivity index (χ1) is 6.31. The van der Waals surface area contributed by atoms with Gasteiger partial charge < -0.3 is 5.32 Å². The molecule has 1 heteroatoms. The van der Waals surface area contributed by atoms with Gasteiger partial charge in [-0.2, -0.15) is 0 Å². The van der Waals surface area contributed by atoms with Crippen LogP contribution in [0.2, 0.25) is 0 Å². The maximum absolute atomic E-state index is 3.51. The van der Waals surface area contributed by atoms with Crippen molar-refractivity contribution in [2.45, 2.75) is 37.6 Å². The SMILES string of the molecule is CNC1(CC2CC3C=CC2C3)CC1. The van der Waals surface area contributed by atoms with Crippen molar-refractivity contribution in [3.05, 3.63) is 12.2 Å². The maximum Gasteiger partial charge on any atom is 0.0182 e. The Hall–Kier alpha value is -0.300. The van der Waals surface area contributed by atoms with Crippen molar-refractivity contribution >= 4 is 0 Å². The largest absolute Gasteiger partial charge is 0.314 e. The molecule has 0 radical (unpaired) electrons. The summed E-state index contributed by atoms with van der Waals surface area (Å²) < 4.78 is 0. The molecule has 0 aliphatic heterocycles. The molecule has 0 amide bonds. The van der Waals surface area contributed by atoms with E-state index in [2.05, 4.69) is 24.5 Å². The molecule has 3 rings (SSSR count). The fraction of sp³-hybridized carbons (Fsp3) is 0.833. The molecule has 3 aliphatic carbocycles. The highest BCUT2D eigenvalue weighted by Crippen LogP contribution is 2.51. The van der Waals surface area contributed by atoms with Crippen molar-refractivity contribution in [1.29, 1.82) is 0 Å². The van der Waals surface area contributed by atoms with Crippen molar-refractivity contribution in [2.75, 3.05) is 7.05 Å². The van der Waals surface area contributed by atoms with E-state index < -0.39 is 0 Å². The van der Waals surface area contributed by atoms with Crippen molar-refractivity contribution in [1.82, 2.24) is 5.32 Å². The molecule has 3 atom stereocenters. The van der Waals surface area contributed by atoms with Crippen molar-refractivity contribution in [3.63, 3.8) is 0 Å². The third-order valence-corrected chi connectivity index (χ3v) is 4.45. The Morgan fingerprint density at radius 2 is 2.15 bits per heavy atom. The summed E-state index contributed by atoms with van der Waals surface area (Å²) in [6.07, 6.45) is 12.1. The van der Waals surface area contributed by atoms with Crippen LogP contribution in [0.15, 0.2) is 12.2 Å². The molecule has 3 unspecified atom stereocenters. The first-order valence-corrected chi connectivity index (χ1v) is 5.69. The van der Waals surface area contributed by atoms with E-state index in [9.17, 15) is 0 Å². The minimum atomic E-state index is 0.572. The molecule has 0 aromatic rings. The molecule has 0 saturated heterocycles. The van der Waals surface area contributed by atoms with Crippen LogP contribution in [0.5, 0.6) is 0 Å². The van der Waals surface area contributed by atoms with Gasteiger partial charge in [0, 0.05) is 5.54 Å². The highest BCUT2D eigenvalue weighted by Gasteiger charge is 2.46. The standard InChI is InChI=1S/C12H19N/c1-13-12(4-5-12)8-11-7-9-2-3-10(11)6-9/h2-3,9-11,13H,4-8H2,1H3. The zero-order valence-electron chi connectivity index (χ0n) is 8.42. The van der Waals surface area contributed by atoms with Crippen LogP contribution >= 0.6 is 0 Å². The summed E-state index contributed by atoms with van der Waals surface area (Å²) in [7, 11) is 2.13. The van der Waals surface area contributed by atoms with E-state index in [1.807, 2.05) is 0 Å². The Bertz CT molecular complexity index is 240. The molecule has 0 heterocycles. The van der Waals surface area contributed by atoms with Gasteiger partial charge >= 0.3 is 0 Å². The highest BCUT2D eigenvalue weighted by molar-refractivity contribution is 5.13. The van der Waals surface area contributed by atoms with Crippen LogP contribution in [0.4, 0.5) is 0 Å². The summed E-state index contributed by atoms with van der Waals surface area (Å²) in [6, 6.07) is 0. The van der Waals surface area contributed by atoms with Gasteiger partial charge in [0.15, 0.2) is 0 Å². The zero-order valence-corrected chi connectivity index (χ0v) is 8.42. The quantitative estimate of drug-likeness (QED) is 0.652. The predicted octanol–water partition coefficient (Wildman–Crippen LogP) is 2.34. The fourth-order valence-corrected chi connectivity index (χ4v) is 3.34. The van der Waals surface area contributed by atoms with Gasteiger partial charge in [-0.1, -0.05) is 12.2 Å². The maximum atomic E-state index is 3.51. The Morgan fingerprint density at radius 1 is 1.31 bits per heavy atom. The van der Waals surface area contributed by atoms with Crippen molar-refractivity contribution < 1.29 is 0 Å². The smallest absolute Gasteiger partial charge is 0.0182 e. The average molecular weight is 177 g/mol. The van der Waals surface area contributed by atoms with E-state index in [0.717, 1.165) is 17.8 Å². The van der Waals surface area contributed by atoms with Crippen LogP contribution in [0.1, 0.15) is 32.1 Å². The topological polar surface area (TPSA) is 12.0 Å². The molecule has 1 N–H and O–H groups in total. The van der Waals surface area contributed by atoms with Crippen LogP contribution in [-0.2, 0) is 0 Å². The van der Waals surface area contributed by atoms with Gasteiger partial charge in [-0.05, 0) is 56.9 Å². The van der Waals surface area contributed by atoms with E-state index in [0.29, 0.717) is 5.54 Å². The molecule has 1 nitrogen and oxygen atoms in total. The van der Waals surface area contributed by atoms with Gasteiger partial charge in [-0.3, -0.25) is 0 Å². The number of fused-ring (bicyclic) bond motifs is 2. The number of allylic oxidation sites excluding steroid dienone is 2. The monoisotopic (exact) mass is 177 g/mol. The molecule has 13 heavy (non-hydrogen) atoms. The van der Waals surface area contributed by atoms with Crippen molar-refractivity contribution in [2.24, 2.45) is 17.8 Å². The van der Waals surface area contributed by atoms with Crippen LogP contribution in [0, 0.1) is 17.8 Å². The summed E-state index contributed by atoms with van der Waals surface area (Å²) in [6.45, 7) is 0. The Labute approximate surface area is 80.6 Å². The number of hydrogen-bond acceptors (Lipinski definition) is 1. The molecular formula is C12H19N. The molecule has 0 aromatic carbocycles. The van der Waals surface area contributed by atoms with Crippen LogP contribution in [0.25, 0.3) is 0 Å². The summed E-state index contributed by atoms with van der Waals surface area (Å²) in [4.78, 5) is 0. The van der Waals surface area contributed by atoms with Gasteiger partial charge in [0.1, 0.15) is 0 Å². The van der Waals surface area contributed by atoms with Crippen molar-refractivity contribution in [3.8, 4) is 0 Å². The van der Waals surface area contributed by atoms with Gasteiger partial charge in [-0.15, -0.1) is 0 Å². The lowest BCUT2D eigenvalue weighted by molar-refractivity contribution is 0.341. The molecule has 2 fully saturated rings. The second-order valence-corrected chi connectivity index (χ2v) is 5.27. The predicted molar refractivity (Wildman–Crippen MR) is 54.5 cm³/mol. The third kappa shape index (κ3) is 1.25. The van der Waals surface area contributed by atoms with Crippen LogP contribution < -0.4 is 5.32 Å². The summed E-state index contributed by atoms with van der Waals surface area (Å²) in [5.41, 5.74) is 0.572. The van der Waals surface area contributed by atoms with Gasteiger partial charge in [-0.25, -0.2) is 0 Å². The molecule has 3 aliphatic rings. The summed E-state index contributed by atoms with van der Waals surface area (Å²) in [5, 5.41) is 3.51. The molecule has 2 bridgehead atoms. The number of hydrogen-bond donors (Lipinski definition) is 1. The Balaban J connectivity index is 1.65. The Kier molecular flexibility index (Phi) is 1.61. The van der Waals surface area contributed by atoms with E-state index >= 15 is 0 Å². The first kappa shape index (κ1) is 8.05. The lowest BCUT2D eigenvalue weighted by atomic mass is 9.87. The highest BCUT2D eigenvalue weighted by atomic mass is 15.0. The van der Waals surface area contributed by atoms with E-state index in [1.165, 1.54) is 32.1 Å². The molecule has 0 aromatic heterocycles. The minimum Gasteiger partial charge on any atom is -0.314 e. The first-order valence-electron chi connectivity index (χ1n) is 5.69. The van der Waals surface area contributed by atoms with Gasteiger partial charge in [0.05, 0.1) is 0 Å². The summed E-state index contributed by atoms with van der Waals surface area (Å²) in [5.74, 6) is 2.89. The van der Waals surface area contributed by atoms with E-state index in [-0.39, 0.29) is 0 Å². The molecule has 72 valence electrons. The number of nitrogens with one attached hydrogen (secondary N) is 1. The zero-order chi connectivity index (χ0) is 8.89. The second-order valence-electron chi connectivity index (χ2n) is 5.27. The second kappa shape index (κ2) is 2.60. The lowest BCUT2D eigenvalue weighted by Crippen LogP contribution is -2.30. The van der Waals surface area contributed by atoms with Gasteiger partial charge in [0.25, 0.3) is 0 Å². The third-order valence-electron chi connectivity index (χ3n) is 4.45. The minimum absolute atomic E-state index is 0.572. The Morgan fingerprint density at radius 3 is 2.62 bits per heavy atom. The number of rotatable bonds is 3. The van der Waals surface area contributed by atoms with E-state index in [1.54, 1.807) is 0 Å². The normalized spacial score (nSPS) is 44.2. The molecule has 0 spiro atoms. The summed E-state index contributed by atoms with van der Waals surface area (Å²) >= 11 is 0. The van der Waals surface area contributed by atoms with Gasteiger partial charge in [0.2, 0.25) is 0 Å². The molecular weight excluding hydrogens is 158 g/mol. The lowest BCUT2D eigenvalue weighted by Gasteiger charge is -2.23.